The minimum Gasteiger partial charge on any atom is -0.384 e. The fourth-order valence-corrected chi connectivity index (χ4v) is 1.95. The standard InChI is InChI=1S/C10H16N4O/c1-15-8-3-2-7(4-8)14-10-5-9(11)12-6-13-10/h5-8H,2-4H2,1H3,(H3,11,12,13,14). The van der Waals surface area contributed by atoms with Gasteiger partial charge in [-0.25, -0.2) is 9.97 Å². The molecular weight excluding hydrogens is 192 g/mol. The first-order chi connectivity index (χ1) is 7.28. The lowest BCUT2D eigenvalue weighted by atomic mass is 10.2. The number of nitrogens with one attached hydrogen (secondary N) is 1. The van der Waals surface area contributed by atoms with Crippen LogP contribution in [0.25, 0.3) is 0 Å². The molecule has 1 saturated carbocycles. The van der Waals surface area contributed by atoms with Gasteiger partial charge in [0.15, 0.2) is 0 Å². The Kier molecular flexibility index (Phi) is 3.01. The van der Waals surface area contributed by atoms with Gasteiger partial charge in [-0.15, -0.1) is 0 Å². The molecule has 0 spiro atoms. The highest BCUT2D eigenvalue weighted by Gasteiger charge is 2.24. The predicted octanol–water partition coefficient (Wildman–Crippen LogP) is 1.04. The number of nitrogens with zero attached hydrogens (tertiary/aromatic N) is 2. The summed E-state index contributed by atoms with van der Waals surface area (Å²) in [5, 5.41) is 3.33. The highest BCUT2D eigenvalue weighted by atomic mass is 16.5. The summed E-state index contributed by atoms with van der Waals surface area (Å²) in [6.45, 7) is 0. The largest absolute Gasteiger partial charge is 0.384 e. The number of ether oxygens (including phenoxy) is 1. The van der Waals surface area contributed by atoms with E-state index in [0.29, 0.717) is 18.0 Å². The van der Waals surface area contributed by atoms with E-state index in [1.54, 1.807) is 13.2 Å². The zero-order valence-corrected chi connectivity index (χ0v) is 8.81. The maximum absolute atomic E-state index is 5.57. The maximum atomic E-state index is 5.57. The monoisotopic (exact) mass is 208 g/mol. The van der Waals surface area contributed by atoms with Gasteiger partial charge in [0.05, 0.1) is 6.10 Å². The highest BCUT2D eigenvalue weighted by molar-refractivity contribution is 5.44. The van der Waals surface area contributed by atoms with E-state index in [2.05, 4.69) is 15.3 Å². The molecule has 1 aliphatic rings. The molecule has 1 aromatic rings. The zero-order chi connectivity index (χ0) is 10.7. The third kappa shape index (κ3) is 2.56. The Morgan fingerprint density at radius 2 is 2.33 bits per heavy atom. The van der Waals surface area contributed by atoms with E-state index < -0.39 is 0 Å². The second-order valence-electron chi connectivity index (χ2n) is 3.84. The van der Waals surface area contributed by atoms with Crippen LogP contribution in [0.4, 0.5) is 11.6 Å². The summed E-state index contributed by atoms with van der Waals surface area (Å²) in [6, 6.07) is 2.18. The second-order valence-corrected chi connectivity index (χ2v) is 3.84. The summed E-state index contributed by atoms with van der Waals surface area (Å²) in [4.78, 5) is 7.96. The van der Waals surface area contributed by atoms with Gasteiger partial charge < -0.3 is 15.8 Å². The molecule has 3 N–H and O–H groups in total. The van der Waals surface area contributed by atoms with Crippen molar-refractivity contribution in [3.63, 3.8) is 0 Å². The lowest BCUT2D eigenvalue weighted by Crippen LogP contribution is -2.18. The van der Waals surface area contributed by atoms with Crippen LogP contribution in [0.15, 0.2) is 12.4 Å². The zero-order valence-electron chi connectivity index (χ0n) is 8.81. The van der Waals surface area contributed by atoms with Crippen LogP contribution in [0.5, 0.6) is 0 Å². The first-order valence-electron chi connectivity index (χ1n) is 5.15. The molecule has 1 aromatic heterocycles. The van der Waals surface area contributed by atoms with Crippen LogP contribution < -0.4 is 11.1 Å². The summed E-state index contributed by atoms with van der Waals surface area (Å²) in [7, 11) is 1.76. The minimum atomic E-state index is 0.377. The van der Waals surface area contributed by atoms with Crippen LogP contribution in [-0.4, -0.2) is 29.2 Å². The molecule has 1 heterocycles. The van der Waals surface area contributed by atoms with E-state index in [-0.39, 0.29) is 0 Å². The van der Waals surface area contributed by atoms with Gasteiger partial charge in [0.1, 0.15) is 18.0 Å². The van der Waals surface area contributed by atoms with Crippen LogP contribution >= 0.6 is 0 Å². The fraction of sp³-hybridized carbons (Fsp3) is 0.600. The van der Waals surface area contributed by atoms with Crippen molar-refractivity contribution in [1.29, 1.82) is 0 Å². The molecule has 2 rings (SSSR count). The van der Waals surface area contributed by atoms with Crippen molar-refractivity contribution >= 4 is 11.6 Å². The SMILES string of the molecule is COC1CCC(Nc2cc(N)ncn2)C1. The summed E-state index contributed by atoms with van der Waals surface area (Å²) in [6.07, 6.45) is 5.10. The lowest BCUT2D eigenvalue weighted by molar-refractivity contribution is 0.108. The van der Waals surface area contributed by atoms with Crippen molar-refractivity contribution < 1.29 is 4.74 Å². The third-order valence-corrected chi connectivity index (χ3v) is 2.76. The number of hydrogen-bond donors (Lipinski definition) is 2. The van der Waals surface area contributed by atoms with Crippen molar-refractivity contribution in [3.05, 3.63) is 12.4 Å². The van der Waals surface area contributed by atoms with Crippen molar-refractivity contribution in [2.75, 3.05) is 18.2 Å². The molecule has 82 valence electrons. The van der Waals surface area contributed by atoms with Gasteiger partial charge in [-0.05, 0) is 19.3 Å². The molecule has 2 atom stereocenters. The Labute approximate surface area is 89.1 Å². The third-order valence-electron chi connectivity index (χ3n) is 2.76. The second kappa shape index (κ2) is 4.44. The normalized spacial score (nSPS) is 25.4. The molecule has 0 saturated heterocycles. The van der Waals surface area contributed by atoms with E-state index in [4.69, 9.17) is 10.5 Å². The number of nitrogen functional groups attached to an aromatic ring is 1. The molecule has 0 aliphatic heterocycles. The van der Waals surface area contributed by atoms with Crippen LogP contribution in [0, 0.1) is 0 Å². The summed E-state index contributed by atoms with van der Waals surface area (Å²) in [5.41, 5.74) is 5.57. The molecule has 5 nitrogen and oxygen atoms in total. The number of hydrogen-bond acceptors (Lipinski definition) is 5. The number of nitrogens with two attached hydrogens (primary N) is 1. The Balaban J connectivity index is 1.92. The van der Waals surface area contributed by atoms with Crippen molar-refractivity contribution in [3.8, 4) is 0 Å². The van der Waals surface area contributed by atoms with E-state index in [1.165, 1.54) is 6.33 Å². The van der Waals surface area contributed by atoms with Gasteiger partial charge in [-0.1, -0.05) is 0 Å². The van der Waals surface area contributed by atoms with Crippen molar-refractivity contribution in [2.45, 2.75) is 31.4 Å². The quantitative estimate of drug-likeness (QED) is 0.776. The number of anilines is 2. The summed E-state index contributed by atoms with van der Waals surface area (Å²) in [5.74, 6) is 1.29. The number of rotatable bonds is 3. The maximum Gasteiger partial charge on any atom is 0.131 e. The first kappa shape index (κ1) is 10.2. The van der Waals surface area contributed by atoms with Gasteiger partial charge in [0.2, 0.25) is 0 Å². The average Bonchev–Trinajstić information content (AvgIpc) is 2.65. The molecule has 0 amide bonds. The molecule has 2 unspecified atom stereocenters. The van der Waals surface area contributed by atoms with E-state index in [9.17, 15) is 0 Å². The highest BCUT2D eigenvalue weighted by Crippen LogP contribution is 2.24. The summed E-state index contributed by atoms with van der Waals surface area (Å²) >= 11 is 0. The van der Waals surface area contributed by atoms with Gasteiger partial charge in [-0.2, -0.15) is 0 Å². The molecule has 1 aliphatic carbocycles. The topological polar surface area (TPSA) is 73.1 Å². The average molecular weight is 208 g/mol. The fourth-order valence-electron chi connectivity index (χ4n) is 1.95. The van der Waals surface area contributed by atoms with Gasteiger partial charge in [-0.3, -0.25) is 0 Å². The molecule has 5 heteroatoms. The lowest BCUT2D eigenvalue weighted by Gasteiger charge is -2.13. The number of aromatic nitrogens is 2. The Bertz CT molecular complexity index is 331. The molecule has 15 heavy (non-hydrogen) atoms. The van der Waals surface area contributed by atoms with Gasteiger partial charge >= 0.3 is 0 Å². The molecule has 0 bridgehead atoms. The summed E-state index contributed by atoms with van der Waals surface area (Å²) < 4.78 is 5.31. The van der Waals surface area contributed by atoms with Gasteiger partial charge in [0.25, 0.3) is 0 Å². The minimum absolute atomic E-state index is 0.377. The van der Waals surface area contributed by atoms with Crippen LogP contribution in [-0.2, 0) is 4.74 Å². The molecule has 1 fully saturated rings. The smallest absolute Gasteiger partial charge is 0.131 e. The predicted molar refractivity (Wildman–Crippen MR) is 58.5 cm³/mol. The first-order valence-corrected chi connectivity index (χ1v) is 5.15. The Hall–Kier alpha value is -1.36. The van der Waals surface area contributed by atoms with Crippen LogP contribution in [0.1, 0.15) is 19.3 Å². The van der Waals surface area contributed by atoms with Crippen molar-refractivity contribution in [1.82, 2.24) is 9.97 Å². The molecular formula is C10H16N4O. The van der Waals surface area contributed by atoms with Crippen molar-refractivity contribution in [2.24, 2.45) is 0 Å². The Morgan fingerprint density at radius 1 is 1.47 bits per heavy atom. The van der Waals surface area contributed by atoms with E-state index in [0.717, 1.165) is 25.1 Å². The van der Waals surface area contributed by atoms with E-state index >= 15 is 0 Å². The Morgan fingerprint density at radius 3 is 3.00 bits per heavy atom. The van der Waals surface area contributed by atoms with E-state index in [1.807, 2.05) is 0 Å². The van der Waals surface area contributed by atoms with Crippen LogP contribution in [0.2, 0.25) is 0 Å². The molecule has 0 aromatic carbocycles. The van der Waals surface area contributed by atoms with Crippen LogP contribution in [0.3, 0.4) is 0 Å². The van der Waals surface area contributed by atoms with Gasteiger partial charge in [0, 0.05) is 19.2 Å². The molecule has 0 radical (unpaired) electrons. The number of methoxy groups -OCH3 is 1.